The molecule has 0 unspecified atom stereocenters. The van der Waals surface area contributed by atoms with Crippen LogP contribution in [0.15, 0.2) is 4.99 Å². The number of piperidine rings is 1. The number of rotatable bonds is 6. The third-order valence-corrected chi connectivity index (χ3v) is 5.95. The molecule has 1 aliphatic heterocycles. The monoisotopic (exact) mass is 379 g/mol. The first-order valence-electron chi connectivity index (χ1n) is 10.4. The van der Waals surface area contributed by atoms with Gasteiger partial charge in [-0.3, -0.25) is 14.6 Å². The summed E-state index contributed by atoms with van der Waals surface area (Å²) in [6.07, 6.45) is 6.69. The van der Waals surface area contributed by atoms with Gasteiger partial charge in [-0.1, -0.05) is 12.8 Å². The van der Waals surface area contributed by atoms with Crippen LogP contribution in [0.25, 0.3) is 0 Å². The van der Waals surface area contributed by atoms with Gasteiger partial charge in [-0.05, 0) is 38.5 Å². The first kappa shape index (κ1) is 21.5. The minimum atomic E-state index is -0.332. The van der Waals surface area contributed by atoms with Crippen LogP contribution in [0.5, 0.6) is 0 Å². The quantitative estimate of drug-likeness (QED) is 0.541. The summed E-state index contributed by atoms with van der Waals surface area (Å²) in [5, 5.41) is 6.12. The summed E-state index contributed by atoms with van der Waals surface area (Å²) in [4.78, 5) is 33.3. The summed E-state index contributed by atoms with van der Waals surface area (Å²) in [7, 11) is 5.38. The summed E-state index contributed by atoms with van der Waals surface area (Å²) < 4.78 is 0. The van der Waals surface area contributed by atoms with E-state index < -0.39 is 0 Å². The molecule has 2 fully saturated rings. The van der Waals surface area contributed by atoms with Gasteiger partial charge in [0.2, 0.25) is 11.8 Å². The van der Waals surface area contributed by atoms with Crippen LogP contribution in [-0.4, -0.2) is 74.9 Å². The Morgan fingerprint density at radius 1 is 1.19 bits per heavy atom. The van der Waals surface area contributed by atoms with Crippen LogP contribution >= 0.6 is 0 Å². The molecule has 0 aromatic rings. The fourth-order valence-corrected chi connectivity index (χ4v) is 4.33. The Morgan fingerprint density at radius 3 is 2.33 bits per heavy atom. The smallest absolute Gasteiger partial charge is 0.230 e. The van der Waals surface area contributed by atoms with Gasteiger partial charge in [-0.25, -0.2) is 0 Å². The Labute approximate surface area is 163 Å². The van der Waals surface area contributed by atoms with Gasteiger partial charge in [-0.2, -0.15) is 0 Å². The number of likely N-dealkylation sites (tertiary alicyclic amines) is 1. The molecule has 2 N–H and O–H groups in total. The summed E-state index contributed by atoms with van der Waals surface area (Å²) in [5.41, 5.74) is -0.332. The van der Waals surface area contributed by atoms with Crippen LogP contribution in [0.2, 0.25) is 0 Å². The zero-order valence-corrected chi connectivity index (χ0v) is 17.5. The summed E-state index contributed by atoms with van der Waals surface area (Å²) in [6, 6.07) is 0. The maximum atomic E-state index is 12.8. The molecule has 1 saturated heterocycles. The lowest BCUT2D eigenvalue weighted by atomic mass is 9.84. The molecule has 1 aliphatic carbocycles. The summed E-state index contributed by atoms with van der Waals surface area (Å²) >= 11 is 0. The van der Waals surface area contributed by atoms with Gasteiger partial charge in [0.25, 0.3) is 0 Å². The Balaban J connectivity index is 2.02. The number of hydrogen-bond donors (Lipinski definition) is 2. The third-order valence-electron chi connectivity index (χ3n) is 5.95. The molecule has 7 nitrogen and oxygen atoms in total. The number of amides is 2. The van der Waals surface area contributed by atoms with Crippen molar-refractivity contribution in [3.8, 4) is 0 Å². The molecular weight excluding hydrogens is 342 g/mol. The molecule has 0 aromatic carbocycles. The predicted octanol–water partition coefficient (Wildman–Crippen LogP) is 1.45. The maximum absolute atomic E-state index is 12.8. The van der Waals surface area contributed by atoms with Crippen molar-refractivity contribution in [1.82, 2.24) is 20.4 Å². The molecule has 1 heterocycles. The average Bonchev–Trinajstić information content (AvgIpc) is 3.15. The molecule has 154 valence electrons. The lowest BCUT2D eigenvalue weighted by Gasteiger charge is -2.35. The fourth-order valence-electron chi connectivity index (χ4n) is 4.33. The molecule has 2 rings (SSSR count). The largest absolute Gasteiger partial charge is 0.359 e. The zero-order valence-electron chi connectivity index (χ0n) is 17.5. The Bertz CT molecular complexity index is 532. The summed E-state index contributed by atoms with van der Waals surface area (Å²) in [5.74, 6) is 1.69. The van der Waals surface area contributed by atoms with Crippen LogP contribution in [-0.2, 0) is 9.59 Å². The SMILES string of the molecule is CCNC(=NCC1(C(=O)N(C)C)CCCC1)N1CCC(CC(=O)NC)CC1. The van der Waals surface area contributed by atoms with E-state index in [0.29, 0.717) is 18.9 Å². The lowest BCUT2D eigenvalue weighted by Crippen LogP contribution is -2.47. The molecule has 27 heavy (non-hydrogen) atoms. The molecular formula is C20H37N5O2. The van der Waals surface area contributed by atoms with Gasteiger partial charge in [0.1, 0.15) is 0 Å². The van der Waals surface area contributed by atoms with Crippen LogP contribution in [0.4, 0.5) is 0 Å². The molecule has 0 radical (unpaired) electrons. The van der Waals surface area contributed by atoms with Crippen molar-refractivity contribution < 1.29 is 9.59 Å². The van der Waals surface area contributed by atoms with Crippen molar-refractivity contribution in [1.29, 1.82) is 0 Å². The van der Waals surface area contributed by atoms with E-state index in [1.165, 1.54) is 0 Å². The van der Waals surface area contributed by atoms with Crippen molar-refractivity contribution in [2.24, 2.45) is 16.3 Å². The molecule has 0 bridgehead atoms. The highest BCUT2D eigenvalue weighted by molar-refractivity contribution is 5.84. The lowest BCUT2D eigenvalue weighted by molar-refractivity contribution is -0.138. The van der Waals surface area contributed by atoms with Gasteiger partial charge in [0.05, 0.1) is 12.0 Å². The highest BCUT2D eigenvalue weighted by Gasteiger charge is 2.42. The predicted molar refractivity (Wildman–Crippen MR) is 109 cm³/mol. The van der Waals surface area contributed by atoms with E-state index in [1.807, 2.05) is 14.1 Å². The molecule has 0 aromatic heterocycles. The topological polar surface area (TPSA) is 77.0 Å². The number of carbonyl (C=O) groups is 2. The highest BCUT2D eigenvalue weighted by atomic mass is 16.2. The Kier molecular flexibility index (Phi) is 7.92. The minimum absolute atomic E-state index is 0.124. The van der Waals surface area contributed by atoms with E-state index >= 15 is 0 Å². The van der Waals surface area contributed by atoms with Crippen molar-refractivity contribution in [3.63, 3.8) is 0 Å². The van der Waals surface area contributed by atoms with Crippen LogP contribution in [0.3, 0.4) is 0 Å². The van der Waals surface area contributed by atoms with Gasteiger partial charge in [-0.15, -0.1) is 0 Å². The van der Waals surface area contributed by atoms with Crippen molar-refractivity contribution in [2.45, 2.75) is 51.9 Å². The first-order valence-corrected chi connectivity index (χ1v) is 10.4. The number of aliphatic imine (C=N–C) groups is 1. The molecule has 2 amide bonds. The summed E-state index contributed by atoms with van der Waals surface area (Å²) in [6.45, 7) is 5.25. The van der Waals surface area contributed by atoms with Crippen molar-refractivity contribution >= 4 is 17.8 Å². The van der Waals surface area contributed by atoms with Crippen LogP contribution in [0, 0.1) is 11.3 Å². The molecule has 0 spiro atoms. The van der Waals surface area contributed by atoms with Gasteiger partial charge in [0, 0.05) is 47.2 Å². The van der Waals surface area contributed by atoms with Crippen molar-refractivity contribution in [3.05, 3.63) is 0 Å². The maximum Gasteiger partial charge on any atom is 0.230 e. The molecule has 7 heteroatoms. The standard InChI is InChI=1S/C20H37N5O2/c1-5-22-19(25-12-8-16(9-13-25)14-17(26)21-2)23-15-20(10-6-7-11-20)18(27)24(3)4/h16H,5-15H2,1-4H3,(H,21,26)(H,22,23). The number of hydrogen-bond acceptors (Lipinski definition) is 3. The van der Waals surface area contributed by atoms with Crippen LogP contribution < -0.4 is 10.6 Å². The second-order valence-corrected chi connectivity index (χ2v) is 8.16. The van der Waals surface area contributed by atoms with E-state index in [2.05, 4.69) is 22.5 Å². The van der Waals surface area contributed by atoms with E-state index in [4.69, 9.17) is 4.99 Å². The minimum Gasteiger partial charge on any atom is -0.359 e. The van der Waals surface area contributed by atoms with Gasteiger partial charge >= 0.3 is 0 Å². The Hall–Kier alpha value is -1.79. The molecule has 0 atom stereocenters. The van der Waals surface area contributed by atoms with Gasteiger partial charge in [0.15, 0.2) is 5.96 Å². The number of nitrogens with one attached hydrogen (secondary N) is 2. The van der Waals surface area contributed by atoms with Gasteiger partial charge < -0.3 is 20.4 Å². The van der Waals surface area contributed by atoms with E-state index in [0.717, 1.165) is 64.1 Å². The van der Waals surface area contributed by atoms with E-state index in [1.54, 1.807) is 11.9 Å². The first-order chi connectivity index (χ1) is 12.9. The average molecular weight is 380 g/mol. The fraction of sp³-hybridized carbons (Fsp3) is 0.850. The molecule has 1 saturated carbocycles. The normalized spacial score (nSPS) is 20.4. The van der Waals surface area contributed by atoms with E-state index in [9.17, 15) is 9.59 Å². The third kappa shape index (κ3) is 5.59. The Morgan fingerprint density at radius 2 is 1.81 bits per heavy atom. The zero-order chi connectivity index (χ0) is 19.9. The van der Waals surface area contributed by atoms with E-state index in [-0.39, 0.29) is 17.2 Å². The molecule has 2 aliphatic rings. The number of nitrogens with zero attached hydrogens (tertiary/aromatic N) is 3. The second-order valence-electron chi connectivity index (χ2n) is 8.16. The number of carbonyl (C=O) groups excluding carboxylic acids is 2. The van der Waals surface area contributed by atoms with Crippen LogP contribution in [0.1, 0.15) is 51.9 Å². The highest BCUT2D eigenvalue weighted by Crippen LogP contribution is 2.39. The number of guanidine groups is 1. The second kappa shape index (κ2) is 9.95. The van der Waals surface area contributed by atoms with Crippen molar-refractivity contribution in [2.75, 3.05) is 47.3 Å².